The average molecular weight is 431 g/mol. The third-order valence-corrected chi connectivity index (χ3v) is 6.92. The van der Waals surface area contributed by atoms with Gasteiger partial charge in [-0.3, -0.25) is 9.69 Å². The number of rotatable bonds is 6. The lowest BCUT2D eigenvalue weighted by Gasteiger charge is -2.33. The van der Waals surface area contributed by atoms with E-state index in [1.807, 2.05) is 17.9 Å². The Morgan fingerprint density at radius 1 is 1.13 bits per heavy atom. The zero-order valence-electron chi connectivity index (χ0n) is 16.6. The fraction of sp³-hybridized carbons (Fsp3) is 0.333. The molecular formula is C21H23FN4O3S. The van der Waals surface area contributed by atoms with Gasteiger partial charge in [-0.05, 0) is 25.1 Å². The molecule has 0 saturated carbocycles. The Labute approximate surface area is 175 Å². The summed E-state index contributed by atoms with van der Waals surface area (Å²) in [4.78, 5) is 14.4. The van der Waals surface area contributed by atoms with Crippen molar-refractivity contribution in [2.75, 3.05) is 32.7 Å². The minimum absolute atomic E-state index is 0.00501. The summed E-state index contributed by atoms with van der Waals surface area (Å²) in [5.41, 5.74) is 1.10. The van der Waals surface area contributed by atoms with Gasteiger partial charge in [0.25, 0.3) is 0 Å². The molecule has 0 aliphatic carbocycles. The topological polar surface area (TPSA) is 93.5 Å². The van der Waals surface area contributed by atoms with Gasteiger partial charge in [0.1, 0.15) is 11.9 Å². The highest BCUT2D eigenvalue weighted by molar-refractivity contribution is 7.89. The van der Waals surface area contributed by atoms with Crippen LogP contribution in [0.5, 0.6) is 0 Å². The van der Waals surface area contributed by atoms with Crippen LogP contribution in [-0.2, 0) is 14.8 Å². The minimum atomic E-state index is -3.57. The second kappa shape index (κ2) is 9.34. The van der Waals surface area contributed by atoms with Crippen LogP contribution in [0.3, 0.4) is 0 Å². The highest BCUT2D eigenvalue weighted by Gasteiger charge is 2.29. The van der Waals surface area contributed by atoms with Crippen molar-refractivity contribution in [2.45, 2.75) is 17.9 Å². The third-order valence-electron chi connectivity index (χ3n) is 5.01. The lowest BCUT2D eigenvalue weighted by Crippen LogP contribution is -2.51. The number of nitrogens with zero attached hydrogens (tertiary/aromatic N) is 3. The van der Waals surface area contributed by atoms with Crippen molar-refractivity contribution in [3.05, 3.63) is 65.5 Å². The lowest BCUT2D eigenvalue weighted by molar-refractivity contribution is -0.122. The molecule has 0 spiro atoms. The Morgan fingerprint density at radius 3 is 2.37 bits per heavy atom. The first-order valence-corrected chi connectivity index (χ1v) is 11.0. The molecule has 1 atom stereocenters. The fourth-order valence-corrected chi connectivity index (χ4v) is 4.71. The highest BCUT2D eigenvalue weighted by atomic mass is 32.2. The van der Waals surface area contributed by atoms with E-state index in [0.717, 1.165) is 5.56 Å². The minimum Gasteiger partial charge on any atom is -0.335 e. The number of carbonyl (C=O) groups is 1. The number of nitrogens with one attached hydrogen (secondary N) is 1. The monoisotopic (exact) mass is 430 g/mol. The maximum atomic E-state index is 13.9. The summed E-state index contributed by atoms with van der Waals surface area (Å²) in [5.74, 6) is -0.973. The number of halogens is 1. The van der Waals surface area contributed by atoms with Crippen molar-refractivity contribution < 1.29 is 17.6 Å². The van der Waals surface area contributed by atoms with E-state index in [0.29, 0.717) is 13.1 Å². The molecule has 1 saturated heterocycles. The van der Waals surface area contributed by atoms with Crippen molar-refractivity contribution in [2.24, 2.45) is 0 Å². The quantitative estimate of drug-likeness (QED) is 0.755. The van der Waals surface area contributed by atoms with E-state index >= 15 is 0 Å². The van der Waals surface area contributed by atoms with Gasteiger partial charge in [-0.25, -0.2) is 12.8 Å². The third kappa shape index (κ3) is 5.02. The van der Waals surface area contributed by atoms with Crippen LogP contribution in [0.2, 0.25) is 0 Å². The molecular weight excluding hydrogens is 407 g/mol. The van der Waals surface area contributed by atoms with Crippen LogP contribution < -0.4 is 5.32 Å². The van der Waals surface area contributed by atoms with E-state index in [-0.39, 0.29) is 30.1 Å². The predicted molar refractivity (Wildman–Crippen MR) is 109 cm³/mol. The molecule has 1 fully saturated rings. The van der Waals surface area contributed by atoms with E-state index < -0.39 is 27.8 Å². The summed E-state index contributed by atoms with van der Waals surface area (Å²) in [6, 6.07) is 13.3. The largest absolute Gasteiger partial charge is 0.335 e. The van der Waals surface area contributed by atoms with Crippen LogP contribution in [0.15, 0.2) is 53.4 Å². The maximum Gasteiger partial charge on any atom is 0.243 e. The molecule has 0 aromatic heterocycles. The van der Waals surface area contributed by atoms with Gasteiger partial charge >= 0.3 is 0 Å². The maximum absolute atomic E-state index is 13.9. The molecule has 1 unspecified atom stereocenters. The molecule has 1 aliphatic rings. The average Bonchev–Trinajstić information content (AvgIpc) is 2.73. The molecule has 1 N–H and O–H groups in total. The van der Waals surface area contributed by atoms with Crippen molar-refractivity contribution >= 4 is 15.9 Å². The van der Waals surface area contributed by atoms with Crippen molar-refractivity contribution in [1.29, 1.82) is 5.26 Å². The number of amides is 1. The Hall–Kier alpha value is -2.80. The van der Waals surface area contributed by atoms with Gasteiger partial charge in [-0.1, -0.05) is 35.9 Å². The van der Waals surface area contributed by atoms with Gasteiger partial charge in [0, 0.05) is 31.7 Å². The van der Waals surface area contributed by atoms with Crippen LogP contribution in [0.1, 0.15) is 17.2 Å². The number of nitriles is 1. The molecule has 0 bridgehead atoms. The smallest absolute Gasteiger partial charge is 0.243 e. The first-order chi connectivity index (χ1) is 14.3. The lowest BCUT2D eigenvalue weighted by atomic mass is 10.1. The zero-order chi connectivity index (χ0) is 21.7. The first kappa shape index (κ1) is 21.9. The second-order valence-corrected chi connectivity index (χ2v) is 9.08. The normalized spacial score (nSPS) is 16.6. The van der Waals surface area contributed by atoms with E-state index in [2.05, 4.69) is 5.32 Å². The fourth-order valence-electron chi connectivity index (χ4n) is 3.29. The van der Waals surface area contributed by atoms with Gasteiger partial charge in [-0.2, -0.15) is 9.57 Å². The first-order valence-electron chi connectivity index (χ1n) is 9.54. The van der Waals surface area contributed by atoms with Crippen molar-refractivity contribution in [3.63, 3.8) is 0 Å². The van der Waals surface area contributed by atoms with E-state index in [1.54, 1.807) is 30.3 Å². The van der Waals surface area contributed by atoms with Gasteiger partial charge in [0.15, 0.2) is 0 Å². The van der Waals surface area contributed by atoms with Gasteiger partial charge in [0.2, 0.25) is 15.9 Å². The van der Waals surface area contributed by atoms with E-state index in [1.165, 1.54) is 22.5 Å². The number of sulfonamides is 1. The number of hydrogen-bond donors (Lipinski definition) is 1. The van der Waals surface area contributed by atoms with Crippen molar-refractivity contribution in [3.8, 4) is 6.07 Å². The number of benzene rings is 2. The Balaban J connectivity index is 1.55. The number of carbonyl (C=O) groups excluding carboxylic acids is 1. The predicted octanol–water partition coefficient (Wildman–Crippen LogP) is 1.82. The zero-order valence-corrected chi connectivity index (χ0v) is 17.4. The molecule has 1 heterocycles. The van der Waals surface area contributed by atoms with Gasteiger partial charge in [0.05, 0.1) is 17.5 Å². The molecule has 1 amide bonds. The molecule has 158 valence electrons. The Morgan fingerprint density at radius 2 is 1.77 bits per heavy atom. The highest BCUT2D eigenvalue weighted by Crippen LogP contribution is 2.19. The summed E-state index contributed by atoms with van der Waals surface area (Å²) >= 11 is 0. The van der Waals surface area contributed by atoms with Crippen LogP contribution in [0, 0.1) is 24.1 Å². The number of aryl methyl sites for hydroxylation is 1. The van der Waals surface area contributed by atoms with Crippen LogP contribution in [-0.4, -0.2) is 56.3 Å². The summed E-state index contributed by atoms with van der Waals surface area (Å²) < 4.78 is 40.8. The summed E-state index contributed by atoms with van der Waals surface area (Å²) in [5, 5.41) is 11.8. The molecule has 2 aromatic carbocycles. The standard InChI is InChI=1S/C21H23FN4O3S/c1-16-6-8-17(9-7-16)30(28,29)26-12-10-25(11-13-26)15-21(27)24-20(14-23)18-4-2-3-5-19(18)22/h2-9,20H,10-13,15H2,1H3,(H,24,27). The number of hydrogen-bond acceptors (Lipinski definition) is 5. The molecule has 0 radical (unpaired) electrons. The van der Waals surface area contributed by atoms with Crippen LogP contribution >= 0.6 is 0 Å². The Kier molecular flexibility index (Phi) is 6.82. The molecule has 1 aliphatic heterocycles. The molecule has 3 rings (SSSR count). The SMILES string of the molecule is Cc1ccc(S(=O)(=O)N2CCN(CC(=O)NC(C#N)c3ccccc3F)CC2)cc1. The van der Waals surface area contributed by atoms with Crippen molar-refractivity contribution in [1.82, 2.24) is 14.5 Å². The van der Waals surface area contributed by atoms with Crippen LogP contribution in [0.25, 0.3) is 0 Å². The Bertz CT molecular complexity index is 1040. The number of piperazine rings is 1. The molecule has 7 nitrogen and oxygen atoms in total. The molecule has 30 heavy (non-hydrogen) atoms. The second-order valence-electron chi connectivity index (χ2n) is 7.14. The summed E-state index contributed by atoms with van der Waals surface area (Å²) in [7, 11) is -3.57. The molecule has 2 aromatic rings. The van der Waals surface area contributed by atoms with Crippen LogP contribution in [0.4, 0.5) is 4.39 Å². The van der Waals surface area contributed by atoms with E-state index in [9.17, 15) is 22.9 Å². The van der Waals surface area contributed by atoms with Gasteiger partial charge in [-0.15, -0.1) is 0 Å². The molecule has 9 heteroatoms. The van der Waals surface area contributed by atoms with E-state index in [4.69, 9.17) is 0 Å². The summed E-state index contributed by atoms with van der Waals surface area (Å²) in [6.07, 6.45) is 0. The summed E-state index contributed by atoms with van der Waals surface area (Å²) in [6.45, 7) is 3.19. The van der Waals surface area contributed by atoms with Gasteiger partial charge < -0.3 is 5.32 Å².